The van der Waals surface area contributed by atoms with Crippen LogP contribution in [-0.2, 0) is 13.2 Å². The molecule has 1 heterocycles. The third-order valence-corrected chi connectivity index (χ3v) is 3.57. The molecule has 0 bridgehead atoms. The van der Waals surface area contributed by atoms with Crippen LogP contribution in [-0.4, -0.2) is 13.2 Å². The molecule has 2 aromatic rings. The Morgan fingerprint density at radius 2 is 2.10 bits per heavy atom. The van der Waals surface area contributed by atoms with Crippen molar-refractivity contribution in [1.29, 1.82) is 0 Å². The van der Waals surface area contributed by atoms with Gasteiger partial charge in [-0.3, -0.25) is 0 Å². The molecule has 0 spiro atoms. The summed E-state index contributed by atoms with van der Waals surface area (Å²) in [5.74, 6) is 2.31. The topological polar surface area (TPSA) is 43.6 Å². The molecule has 0 amide bonds. The lowest BCUT2D eigenvalue weighted by Crippen LogP contribution is -2.14. The summed E-state index contributed by atoms with van der Waals surface area (Å²) in [6, 6.07) is 8.63. The fourth-order valence-electron chi connectivity index (χ4n) is 2.19. The Morgan fingerprint density at radius 1 is 1.24 bits per heavy atom. The highest BCUT2D eigenvalue weighted by atomic mass is 16.5. The first-order valence-corrected chi connectivity index (χ1v) is 7.31. The van der Waals surface area contributed by atoms with Crippen molar-refractivity contribution in [2.75, 3.05) is 7.11 Å². The van der Waals surface area contributed by atoms with Gasteiger partial charge in [0.05, 0.1) is 13.4 Å². The summed E-state index contributed by atoms with van der Waals surface area (Å²) in [5, 5.41) is 3.46. The Labute approximate surface area is 125 Å². The van der Waals surface area contributed by atoms with Crippen LogP contribution in [0.4, 0.5) is 0 Å². The zero-order chi connectivity index (χ0) is 14.7. The zero-order valence-electron chi connectivity index (χ0n) is 12.5. The van der Waals surface area contributed by atoms with Gasteiger partial charge in [0.15, 0.2) is 11.5 Å². The minimum atomic E-state index is 0.406. The molecule has 1 aromatic carbocycles. The molecule has 1 aliphatic rings. The summed E-state index contributed by atoms with van der Waals surface area (Å²) in [6.07, 6.45) is 4.38. The quantitative estimate of drug-likeness (QED) is 0.847. The van der Waals surface area contributed by atoms with Crippen molar-refractivity contribution in [1.82, 2.24) is 5.32 Å². The van der Waals surface area contributed by atoms with Gasteiger partial charge in [0.2, 0.25) is 0 Å². The second-order valence-corrected chi connectivity index (χ2v) is 5.52. The maximum absolute atomic E-state index is 5.78. The van der Waals surface area contributed by atoms with Crippen LogP contribution in [0.1, 0.15) is 29.7 Å². The molecule has 1 fully saturated rings. The summed E-state index contributed by atoms with van der Waals surface area (Å²) in [4.78, 5) is 0. The minimum absolute atomic E-state index is 0.406. The smallest absolute Gasteiger partial charge is 0.161 e. The first-order chi connectivity index (χ1) is 10.2. The summed E-state index contributed by atoms with van der Waals surface area (Å²) < 4.78 is 16.6. The van der Waals surface area contributed by atoms with Crippen molar-refractivity contribution >= 4 is 0 Å². The lowest BCUT2D eigenvalue weighted by molar-refractivity contribution is 0.256. The molecule has 1 N–H and O–H groups in total. The molecule has 1 saturated carbocycles. The Balaban J connectivity index is 1.56. The van der Waals surface area contributed by atoms with Gasteiger partial charge in [0, 0.05) is 18.2 Å². The standard InChI is InChI=1S/C17H21NO3/c1-12-3-6-16(17(7-12)19-2)21-11-15-8-13(10-20-15)9-18-14-4-5-14/h3,6-8,10,14,18H,4-5,9,11H2,1-2H3. The van der Waals surface area contributed by atoms with Crippen LogP contribution >= 0.6 is 0 Å². The van der Waals surface area contributed by atoms with E-state index in [1.54, 1.807) is 13.4 Å². The highest BCUT2D eigenvalue weighted by molar-refractivity contribution is 5.42. The van der Waals surface area contributed by atoms with E-state index in [-0.39, 0.29) is 0 Å². The highest BCUT2D eigenvalue weighted by Crippen LogP contribution is 2.28. The monoisotopic (exact) mass is 287 g/mol. The summed E-state index contributed by atoms with van der Waals surface area (Å²) >= 11 is 0. The molecule has 21 heavy (non-hydrogen) atoms. The van der Waals surface area contributed by atoms with E-state index in [4.69, 9.17) is 13.9 Å². The number of ether oxygens (including phenoxy) is 2. The van der Waals surface area contributed by atoms with E-state index < -0.39 is 0 Å². The second-order valence-electron chi connectivity index (χ2n) is 5.52. The Bertz CT molecular complexity index is 602. The van der Waals surface area contributed by atoms with E-state index in [0.29, 0.717) is 12.6 Å². The van der Waals surface area contributed by atoms with Gasteiger partial charge in [0.25, 0.3) is 0 Å². The number of rotatable bonds is 7. The summed E-state index contributed by atoms with van der Waals surface area (Å²) in [7, 11) is 1.65. The molecule has 4 heteroatoms. The van der Waals surface area contributed by atoms with E-state index in [1.165, 1.54) is 12.8 Å². The van der Waals surface area contributed by atoms with Crippen molar-refractivity contribution in [3.63, 3.8) is 0 Å². The number of benzene rings is 1. The van der Waals surface area contributed by atoms with E-state index in [2.05, 4.69) is 5.32 Å². The predicted octanol–water partition coefficient (Wildman–Crippen LogP) is 3.43. The van der Waals surface area contributed by atoms with Gasteiger partial charge in [-0.15, -0.1) is 0 Å². The van der Waals surface area contributed by atoms with E-state index in [0.717, 1.165) is 34.9 Å². The van der Waals surface area contributed by atoms with Crippen LogP contribution in [0.25, 0.3) is 0 Å². The molecule has 3 rings (SSSR count). The van der Waals surface area contributed by atoms with Crippen LogP contribution in [0.2, 0.25) is 0 Å². The fraction of sp³-hybridized carbons (Fsp3) is 0.412. The van der Waals surface area contributed by atoms with Gasteiger partial charge < -0.3 is 19.2 Å². The number of nitrogens with one attached hydrogen (secondary N) is 1. The Kier molecular flexibility index (Phi) is 4.15. The number of methoxy groups -OCH3 is 1. The van der Waals surface area contributed by atoms with Gasteiger partial charge in [0.1, 0.15) is 12.4 Å². The molecular weight excluding hydrogens is 266 g/mol. The van der Waals surface area contributed by atoms with E-state index >= 15 is 0 Å². The number of hydrogen-bond acceptors (Lipinski definition) is 4. The Hall–Kier alpha value is -1.94. The molecule has 0 atom stereocenters. The lowest BCUT2D eigenvalue weighted by atomic mass is 10.2. The van der Waals surface area contributed by atoms with Crippen molar-refractivity contribution in [3.05, 3.63) is 47.4 Å². The molecule has 0 aliphatic heterocycles. The van der Waals surface area contributed by atoms with Gasteiger partial charge in [-0.2, -0.15) is 0 Å². The first-order valence-electron chi connectivity index (χ1n) is 7.31. The average molecular weight is 287 g/mol. The zero-order valence-corrected chi connectivity index (χ0v) is 12.5. The van der Waals surface area contributed by atoms with E-state index in [9.17, 15) is 0 Å². The highest BCUT2D eigenvalue weighted by Gasteiger charge is 2.20. The normalized spacial score (nSPS) is 14.2. The first kappa shape index (κ1) is 14.0. The van der Waals surface area contributed by atoms with Crippen LogP contribution in [0.5, 0.6) is 11.5 Å². The van der Waals surface area contributed by atoms with Crippen LogP contribution in [0.15, 0.2) is 34.9 Å². The average Bonchev–Trinajstić information content (AvgIpc) is 3.22. The largest absolute Gasteiger partial charge is 0.493 e. The minimum Gasteiger partial charge on any atom is -0.493 e. The molecular formula is C17H21NO3. The second kappa shape index (κ2) is 6.22. The van der Waals surface area contributed by atoms with Crippen molar-refractivity contribution in [2.24, 2.45) is 0 Å². The fourth-order valence-corrected chi connectivity index (χ4v) is 2.19. The summed E-state index contributed by atoms with van der Waals surface area (Å²) in [6.45, 7) is 3.29. The summed E-state index contributed by atoms with van der Waals surface area (Å²) in [5.41, 5.74) is 2.31. The molecule has 0 saturated heterocycles. The Morgan fingerprint density at radius 3 is 2.86 bits per heavy atom. The predicted molar refractivity (Wildman–Crippen MR) is 80.6 cm³/mol. The molecule has 0 unspecified atom stereocenters. The number of furan rings is 1. The van der Waals surface area contributed by atoms with Gasteiger partial charge >= 0.3 is 0 Å². The van der Waals surface area contributed by atoms with Crippen molar-refractivity contribution in [2.45, 2.75) is 39.0 Å². The van der Waals surface area contributed by atoms with Crippen LogP contribution < -0.4 is 14.8 Å². The van der Waals surface area contributed by atoms with Crippen LogP contribution in [0.3, 0.4) is 0 Å². The van der Waals surface area contributed by atoms with Gasteiger partial charge in [-0.1, -0.05) is 6.07 Å². The van der Waals surface area contributed by atoms with Gasteiger partial charge in [-0.25, -0.2) is 0 Å². The SMILES string of the molecule is COc1cc(C)ccc1OCc1cc(CNC2CC2)co1. The van der Waals surface area contributed by atoms with E-state index in [1.807, 2.05) is 31.2 Å². The third-order valence-electron chi connectivity index (χ3n) is 3.57. The third kappa shape index (κ3) is 3.79. The molecule has 0 radical (unpaired) electrons. The van der Waals surface area contributed by atoms with Crippen molar-refractivity contribution in [3.8, 4) is 11.5 Å². The molecule has 4 nitrogen and oxygen atoms in total. The van der Waals surface area contributed by atoms with Gasteiger partial charge in [-0.05, 0) is 43.5 Å². The van der Waals surface area contributed by atoms with Crippen LogP contribution in [0, 0.1) is 6.92 Å². The number of aryl methyl sites for hydroxylation is 1. The number of hydrogen-bond donors (Lipinski definition) is 1. The van der Waals surface area contributed by atoms with Crippen molar-refractivity contribution < 1.29 is 13.9 Å². The maximum Gasteiger partial charge on any atom is 0.161 e. The maximum atomic E-state index is 5.78. The molecule has 112 valence electrons. The lowest BCUT2D eigenvalue weighted by Gasteiger charge is -2.10. The molecule has 1 aromatic heterocycles. The molecule has 1 aliphatic carbocycles.